The van der Waals surface area contributed by atoms with Gasteiger partial charge in [0.15, 0.2) is 5.16 Å². The van der Waals surface area contributed by atoms with Crippen molar-refractivity contribution in [3.8, 4) is 16.9 Å². The molecule has 0 aliphatic heterocycles. The summed E-state index contributed by atoms with van der Waals surface area (Å²) < 4.78 is 16.7. The second-order valence-electron chi connectivity index (χ2n) is 6.61. The van der Waals surface area contributed by atoms with Gasteiger partial charge in [-0.3, -0.25) is 4.57 Å². The minimum atomic E-state index is -0.262. The summed E-state index contributed by atoms with van der Waals surface area (Å²) in [5, 5.41) is 2.57. The quantitative estimate of drug-likeness (QED) is 0.264. The monoisotopic (exact) mass is 451 g/mol. The number of halogens is 2. The number of rotatable bonds is 5. The van der Waals surface area contributed by atoms with Crippen molar-refractivity contribution in [1.82, 2.24) is 14.5 Å². The van der Waals surface area contributed by atoms with Crippen molar-refractivity contribution in [2.24, 2.45) is 0 Å². The number of fused-ring (bicyclic) bond motifs is 1. The largest absolute Gasteiger partial charge is 0.287 e. The van der Waals surface area contributed by atoms with E-state index in [0.717, 1.165) is 32.6 Å². The minimum Gasteiger partial charge on any atom is -0.287 e. The lowest BCUT2D eigenvalue weighted by atomic mass is 10.1. The number of thiazole rings is 1. The molecule has 0 fully saturated rings. The molecule has 0 radical (unpaired) electrons. The normalized spacial score (nSPS) is 11.3. The van der Waals surface area contributed by atoms with Gasteiger partial charge in [-0.2, -0.15) is 0 Å². The molecule has 0 aliphatic carbocycles. The van der Waals surface area contributed by atoms with Crippen LogP contribution >= 0.6 is 34.7 Å². The fourth-order valence-corrected chi connectivity index (χ4v) is 5.29. The maximum absolute atomic E-state index is 13.4. The third kappa shape index (κ3) is 3.86. The molecule has 0 amide bonds. The Kier molecular flexibility index (Phi) is 5.29. The molecule has 3 aromatic carbocycles. The third-order valence-corrected chi connectivity index (χ3v) is 7.05. The van der Waals surface area contributed by atoms with Crippen molar-refractivity contribution >= 4 is 44.9 Å². The van der Waals surface area contributed by atoms with Crippen LogP contribution in [-0.2, 0) is 5.75 Å². The van der Waals surface area contributed by atoms with E-state index in [2.05, 4.69) is 15.6 Å². The van der Waals surface area contributed by atoms with E-state index in [4.69, 9.17) is 16.6 Å². The molecule has 148 valence electrons. The molecular formula is C23H15ClFN3S2. The Hall–Kier alpha value is -2.67. The summed E-state index contributed by atoms with van der Waals surface area (Å²) in [7, 11) is 0. The zero-order chi connectivity index (χ0) is 20.5. The first-order valence-corrected chi connectivity index (χ1v) is 11.4. The molecule has 30 heavy (non-hydrogen) atoms. The van der Waals surface area contributed by atoms with Gasteiger partial charge in [0.05, 0.1) is 27.9 Å². The number of thioether (sulfide) groups is 1. The van der Waals surface area contributed by atoms with Crippen molar-refractivity contribution in [3.05, 3.63) is 94.8 Å². The van der Waals surface area contributed by atoms with Crippen LogP contribution in [0.5, 0.6) is 0 Å². The van der Waals surface area contributed by atoms with E-state index in [1.807, 2.05) is 48.7 Å². The Morgan fingerprint density at radius 2 is 1.73 bits per heavy atom. The highest BCUT2D eigenvalue weighted by Crippen LogP contribution is 2.33. The van der Waals surface area contributed by atoms with Crippen molar-refractivity contribution in [1.29, 1.82) is 0 Å². The fourth-order valence-electron chi connectivity index (χ4n) is 3.21. The second kappa shape index (κ2) is 8.22. The van der Waals surface area contributed by atoms with Gasteiger partial charge in [0.2, 0.25) is 0 Å². The number of imidazole rings is 1. The van der Waals surface area contributed by atoms with Gasteiger partial charge in [0, 0.05) is 16.3 Å². The standard InChI is InChI=1S/C23H15ClFN3S2/c24-16-7-11-18(12-8-16)28-20(15-5-9-17(25)10-6-15)13-26-23(28)29-14-22-27-19-3-1-2-4-21(19)30-22/h1-13H,14H2. The first kappa shape index (κ1) is 19.3. The predicted molar refractivity (Wildman–Crippen MR) is 123 cm³/mol. The van der Waals surface area contributed by atoms with Crippen molar-refractivity contribution in [2.75, 3.05) is 0 Å². The molecular weight excluding hydrogens is 437 g/mol. The van der Waals surface area contributed by atoms with Crippen LogP contribution in [0, 0.1) is 5.82 Å². The molecule has 5 rings (SSSR count). The average Bonchev–Trinajstić information content (AvgIpc) is 3.37. The van der Waals surface area contributed by atoms with Crippen molar-refractivity contribution in [3.63, 3.8) is 0 Å². The minimum absolute atomic E-state index is 0.262. The molecule has 2 aromatic heterocycles. The first-order valence-electron chi connectivity index (χ1n) is 9.24. The zero-order valence-corrected chi connectivity index (χ0v) is 18.0. The average molecular weight is 452 g/mol. The van der Waals surface area contributed by atoms with E-state index in [9.17, 15) is 4.39 Å². The molecule has 0 aliphatic rings. The van der Waals surface area contributed by atoms with E-state index in [1.165, 1.54) is 16.8 Å². The van der Waals surface area contributed by atoms with Crippen LogP contribution in [0.25, 0.3) is 27.2 Å². The maximum atomic E-state index is 13.4. The van der Waals surface area contributed by atoms with Crippen LogP contribution < -0.4 is 0 Å². The van der Waals surface area contributed by atoms with Crippen molar-refractivity contribution < 1.29 is 4.39 Å². The molecule has 0 atom stereocenters. The van der Waals surface area contributed by atoms with Crippen LogP contribution in [-0.4, -0.2) is 14.5 Å². The number of benzene rings is 3. The summed E-state index contributed by atoms with van der Waals surface area (Å²) in [5.74, 6) is 0.453. The maximum Gasteiger partial charge on any atom is 0.173 e. The van der Waals surface area contributed by atoms with Crippen molar-refractivity contribution in [2.45, 2.75) is 10.9 Å². The molecule has 0 bridgehead atoms. The van der Waals surface area contributed by atoms with Crippen LogP contribution in [0.1, 0.15) is 5.01 Å². The van der Waals surface area contributed by atoms with Crippen LogP contribution in [0.15, 0.2) is 84.1 Å². The summed E-state index contributed by atoms with van der Waals surface area (Å²) in [6.45, 7) is 0. The van der Waals surface area contributed by atoms with Gasteiger partial charge < -0.3 is 0 Å². The van der Waals surface area contributed by atoms with Gasteiger partial charge in [-0.05, 0) is 60.7 Å². The van der Waals surface area contributed by atoms with Crippen LogP contribution in [0.3, 0.4) is 0 Å². The summed E-state index contributed by atoms with van der Waals surface area (Å²) in [4.78, 5) is 9.38. The lowest BCUT2D eigenvalue weighted by Crippen LogP contribution is -1.99. The number of hydrogen-bond acceptors (Lipinski definition) is 4. The van der Waals surface area contributed by atoms with Gasteiger partial charge in [-0.1, -0.05) is 35.5 Å². The van der Waals surface area contributed by atoms with E-state index >= 15 is 0 Å². The van der Waals surface area contributed by atoms with Crippen LogP contribution in [0.4, 0.5) is 4.39 Å². The molecule has 7 heteroatoms. The molecule has 0 saturated carbocycles. The number of hydrogen-bond donors (Lipinski definition) is 0. The summed E-state index contributed by atoms with van der Waals surface area (Å²) in [6, 6.07) is 22.2. The lowest BCUT2D eigenvalue weighted by Gasteiger charge is -2.12. The number of para-hydroxylation sites is 1. The Labute approximate surface area is 186 Å². The van der Waals surface area contributed by atoms with E-state index < -0.39 is 0 Å². The van der Waals surface area contributed by atoms with E-state index in [1.54, 1.807) is 35.2 Å². The molecule has 0 unspecified atom stereocenters. The third-order valence-electron chi connectivity index (χ3n) is 4.62. The Morgan fingerprint density at radius 1 is 0.967 bits per heavy atom. The topological polar surface area (TPSA) is 30.7 Å². The lowest BCUT2D eigenvalue weighted by molar-refractivity contribution is 0.628. The fraction of sp³-hybridized carbons (Fsp3) is 0.0435. The van der Waals surface area contributed by atoms with Gasteiger partial charge in [-0.15, -0.1) is 11.3 Å². The van der Waals surface area contributed by atoms with Gasteiger partial charge in [0.25, 0.3) is 0 Å². The molecule has 3 nitrogen and oxygen atoms in total. The SMILES string of the molecule is Fc1ccc(-c2cnc(SCc3nc4ccccc4s3)n2-c2ccc(Cl)cc2)cc1. The summed E-state index contributed by atoms with van der Waals surface area (Å²) >= 11 is 9.41. The Balaban J connectivity index is 1.52. The summed E-state index contributed by atoms with van der Waals surface area (Å²) in [6.07, 6.45) is 1.82. The highest BCUT2D eigenvalue weighted by atomic mass is 35.5. The van der Waals surface area contributed by atoms with Crippen LogP contribution in [0.2, 0.25) is 5.02 Å². The van der Waals surface area contributed by atoms with Gasteiger partial charge in [-0.25, -0.2) is 14.4 Å². The molecule has 0 N–H and O–H groups in total. The summed E-state index contributed by atoms with van der Waals surface area (Å²) in [5.41, 5.74) is 3.75. The molecule has 2 heterocycles. The van der Waals surface area contributed by atoms with Gasteiger partial charge in [0.1, 0.15) is 10.8 Å². The second-order valence-corrected chi connectivity index (χ2v) is 9.10. The highest BCUT2D eigenvalue weighted by Gasteiger charge is 2.15. The predicted octanol–water partition coefficient (Wildman–Crippen LogP) is 7.23. The first-order chi connectivity index (χ1) is 14.7. The highest BCUT2D eigenvalue weighted by molar-refractivity contribution is 7.98. The zero-order valence-electron chi connectivity index (χ0n) is 15.6. The molecule has 0 saturated heterocycles. The number of aromatic nitrogens is 3. The van der Waals surface area contributed by atoms with Gasteiger partial charge >= 0.3 is 0 Å². The Morgan fingerprint density at radius 3 is 2.50 bits per heavy atom. The molecule has 0 spiro atoms. The smallest absolute Gasteiger partial charge is 0.173 e. The molecule has 5 aromatic rings. The number of nitrogens with zero attached hydrogens (tertiary/aromatic N) is 3. The van der Waals surface area contributed by atoms with E-state index in [-0.39, 0.29) is 5.82 Å². The Bertz CT molecular complexity index is 1280. The van der Waals surface area contributed by atoms with E-state index in [0.29, 0.717) is 10.8 Å².